The fraction of sp³-hybridized carbons (Fsp3) is 0.360. The maximum Gasteiger partial charge on any atom is 0.247 e. The Hall–Kier alpha value is -3.33. The monoisotopic (exact) mass is 480 g/mol. The minimum atomic E-state index is -0.783. The average Bonchev–Trinajstić information content (AvgIpc) is 3.00. The molecule has 1 unspecified atom stereocenters. The molecule has 1 aromatic heterocycles. The zero-order valence-electron chi connectivity index (χ0n) is 19.8. The third-order valence-corrected chi connectivity index (χ3v) is 6.45. The summed E-state index contributed by atoms with van der Waals surface area (Å²) >= 11 is 1.55. The van der Waals surface area contributed by atoms with E-state index in [-0.39, 0.29) is 5.91 Å². The molecule has 0 bridgehead atoms. The van der Waals surface area contributed by atoms with Crippen LogP contribution in [0.5, 0.6) is 17.4 Å². The Labute approximate surface area is 203 Å². The predicted octanol–water partition coefficient (Wildman–Crippen LogP) is 5.28. The third-order valence-electron chi connectivity index (χ3n) is 5.52. The van der Waals surface area contributed by atoms with Gasteiger partial charge in [-0.3, -0.25) is 9.69 Å². The number of thioether (sulfide) groups is 1. The topological polar surface area (TPSA) is 86.7 Å². The van der Waals surface area contributed by atoms with E-state index in [4.69, 9.17) is 14.2 Å². The summed E-state index contributed by atoms with van der Waals surface area (Å²) in [4.78, 5) is 19.2. The van der Waals surface area contributed by atoms with Crippen molar-refractivity contribution in [2.45, 2.75) is 44.5 Å². The summed E-state index contributed by atoms with van der Waals surface area (Å²) in [7, 11) is 3.15. The number of ether oxygens (including phenoxy) is 3. The van der Waals surface area contributed by atoms with Crippen LogP contribution < -0.4 is 19.1 Å². The largest absolute Gasteiger partial charge is 0.493 e. The first kappa shape index (κ1) is 23.8. The van der Waals surface area contributed by atoms with Gasteiger partial charge in [0, 0.05) is 23.8 Å². The Kier molecular flexibility index (Phi) is 7.52. The number of hydrogen-bond acceptors (Lipinski definition) is 8. The number of benzene rings is 2. The SMILES string of the molecule is CCCCCSc1nnc2c(n1)OC(c1ccc(OC)c(OC)c1)N(C(C)=O)c1ccccc1-2. The molecule has 0 saturated heterocycles. The number of aromatic nitrogens is 3. The van der Waals surface area contributed by atoms with Gasteiger partial charge in [0.25, 0.3) is 0 Å². The Morgan fingerprint density at radius 1 is 1.09 bits per heavy atom. The summed E-state index contributed by atoms with van der Waals surface area (Å²) in [5.74, 6) is 2.19. The second-order valence-electron chi connectivity index (χ2n) is 7.79. The van der Waals surface area contributed by atoms with E-state index in [1.807, 2.05) is 36.4 Å². The standard InChI is InChI=1S/C25H28N4O4S/c1-5-6-9-14-34-25-26-23-22(27-28-25)18-10-7-8-11-19(18)29(16(2)30)24(33-23)17-12-13-20(31-3)21(15-17)32-4/h7-8,10-13,15,24H,5-6,9,14H2,1-4H3. The number of unbranched alkanes of at least 4 members (excludes halogenated alkanes) is 2. The quantitative estimate of drug-likeness (QED) is 0.318. The number of methoxy groups -OCH3 is 2. The fourth-order valence-corrected chi connectivity index (χ4v) is 4.63. The number of fused-ring (bicyclic) bond motifs is 3. The van der Waals surface area contributed by atoms with Gasteiger partial charge in [0.2, 0.25) is 23.2 Å². The summed E-state index contributed by atoms with van der Waals surface area (Å²) in [6, 6.07) is 13.0. The number of para-hydroxylation sites is 1. The molecule has 34 heavy (non-hydrogen) atoms. The first-order chi connectivity index (χ1) is 16.6. The lowest BCUT2D eigenvalue weighted by molar-refractivity contribution is -0.118. The molecule has 1 aliphatic rings. The predicted molar refractivity (Wildman–Crippen MR) is 132 cm³/mol. The summed E-state index contributed by atoms with van der Waals surface area (Å²) in [6.45, 7) is 3.68. The van der Waals surface area contributed by atoms with E-state index in [0.29, 0.717) is 39.5 Å². The second kappa shape index (κ2) is 10.7. The van der Waals surface area contributed by atoms with Crippen LogP contribution in [-0.2, 0) is 4.79 Å². The molecule has 0 N–H and O–H groups in total. The zero-order valence-corrected chi connectivity index (χ0v) is 20.6. The lowest BCUT2D eigenvalue weighted by atomic mass is 10.1. The van der Waals surface area contributed by atoms with Gasteiger partial charge in [0.1, 0.15) is 0 Å². The molecule has 8 nitrogen and oxygen atoms in total. The Bertz CT molecular complexity index is 1170. The molecule has 9 heteroatoms. The molecule has 2 aromatic carbocycles. The molecule has 0 aliphatic carbocycles. The molecule has 1 aliphatic heterocycles. The van der Waals surface area contributed by atoms with E-state index in [1.165, 1.54) is 6.92 Å². The lowest BCUT2D eigenvalue weighted by Gasteiger charge is -2.30. The maximum atomic E-state index is 12.9. The van der Waals surface area contributed by atoms with Crippen molar-refractivity contribution in [1.82, 2.24) is 15.2 Å². The summed E-state index contributed by atoms with van der Waals surface area (Å²) in [6.07, 6.45) is 2.61. The van der Waals surface area contributed by atoms with E-state index in [9.17, 15) is 4.79 Å². The lowest BCUT2D eigenvalue weighted by Crippen LogP contribution is -2.36. The Morgan fingerprint density at radius 2 is 1.88 bits per heavy atom. The molecule has 0 saturated carbocycles. The molecule has 2 heterocycles. The number of rotatable bonds is 8. The number of nitrogens with zero attached hydrogens (tertiary/aromatic N) is 4. The molecule has 0 radical (unpaired) electrons. The molecular weight excluding hydrogens is 452 g/mol. The van der Waals surface area contributed by atoms with Crippen LogP contribution in [0.1, 0.15) is 44.9 Å². The van der Waals surface area contributed by atoms with E-state index in [0.717, 1.165) is 30.6 Å². The van der Waals surface area contributed by atoms with E-state index < -0.39 is 6.23 Å². The third kappa shape index (κ3) is 4.79. The van der Waals surface area contributed by atoms with Gasteiger partial charge in [-0.05, 0) is 30.7 Å². The summed E-state index contributed by atoms with van der Waals surface area (Å²) in [5.41, 5.74) is 2.63. The minimum absolute atomic E-state index is 0.179. The van der Waals surface area contributed by atoms with Crippen molar-refractivity contribution >= 4 is 23.4 Å². The molecule has 1 amide bonds. The van der Waals surface area contributed by atoms with Crippen LogP contribution in [0.3, 0.4) is 0 Å². The van der Waals surface area contributed by atoms with Crippen molar-refractivity contribution in [1.29, 1.82) is 0 Å². The van der Waals surface area contributed by atoms with Crippen molar-refractivity contribution in [3.63, 3.8) is 0 Å². The van der Waals surface area contributed by atoms with Gasteiger partial charge in [-0.25, -0.2) is 0 Å². The van der Waals surface area contributed by atoms with Crippen molar-refractivity contribution in [3.05, 3.63) is 48.0 Å². The van der Waals surface area contributed by atoms with Crippen molar-refractivity contribution in [2.75, 3.05) is 24.9 Å². The van der Waals surface area contributed by atoms with Crippen LogP contribution >= 0.6 is 11.8 Å². The smallest absolute Gasteiger partial charge is 0.247 e. The van der Waals surface area contributed by atoms with Crippen molar-refractivity contribution in [2.24, 2.45) is 0 Å². The number of amides is 1. The molecule has 1 atom stereocenters. The molecule has 178 valence electrons. The molecule has 0 spiro atoms. The zero-order chi connectivity index (χ0) is 24.1. The molecule has 3 aromatic rings. The Balaban J connectivity index is 1.81. The average molecular weight is 481 g/mol. The minimum Gasteiger partial charge on any atom is -0.493 e. The van der Waals surface area contributed by atoms with Crippen LogP contribution in [0.2, 0.25) is 0 Å². The van der Waals surface area contributed by atoms with E-state index in [2.05, 4.69) is 22.1 Å². The molecule has 4 rings (SSSR count). The normalized spacial score (nSPS) is 14.5. The Morgan fingerprint density at radius 3 is 2.62 bits per heavy atom. The summed E-state index contributed by atoms with van der Waals surface area (Å²) < 4.78 is 17.3. The first-order valence-electron chi connectivity index (χ1n) is 11.2. The highest BCUT2D eigenvalue weighted by atomic mass is 32.2. The number of hydrogen-bond donors (Lipinski definition) is 0. The highest BCUT2D eigenvalue weighted by Crippen LogP contribution is 2.44. The van der Waals surface area contributed by atoms with E-state index in [1.54, 1.807) is 36.9 Å². The van der Waals surface area contributed by atoms with Crippen LogP contribution in [0.4, 0.5) is 5.69 Å². The molecule has 0 fully saturated rings. The van der Waals surface area contributed by atoms with Crippen molar-refractivity contribution < 1.29 is 19.0 Å². The maximum absolute atomic E-state index is 12.9. The van der Waals surface area contributed by atoms with Crippen LogP contribution in [0, 0.1) is 0 Å². The van der Waals surface area contributed by atoms with Gasteiger partial charge in [-0.2, -0.15) is 4.98 Å². The van der Waals surface area contributed by atoms with Gasteiger partial charge >= 0.3 is 0 Å². The number of anilines is 1. The first-order valence-corrected chi connectivity index (χ1v) is 12.2. The summed E-state index contributed by atoms with van der Waals surface area (Å²) in [5, 5.41) is 9.34. The fourth-order valence-electron chi connectivity index (χ4n) is 3.85. The van der Waals surface area contributed by atoms with Gasteiger partial charge in [-0.15, -0.1) is 10.2 Å². The van der Waals surface area contributed by atoms with Gasteiger partial charge in [0.05, 0.1) is 19.9 Å². The highest BCUT2D eigenvalue weighted by molar-refractivity contribution is 7.99. The number of carbonyl (C=O) groups is 1. The van der Waals surface area contributed by atoms with Crippen molar-refractivity contribution in [3.8, 4) is 28.6 Å². The van der Waals surface area contributed by atoms with Gasteiger partial charge < -0.3 is 14.2 Å². The molecular formula is C25H28N4O4S. The number of carbonyl (C=O) groups excluding carboxylic acids is 1. The van der Waals surface area contributed by atoms with Gasteiger partial charge in [0.15, 0.2) is 17.2 Å². The second-order valence-corrected chi connectivity index (χ2v) is 8.86. The van der Waals surface area contributed by atoms with Crippen LogP contribution in [0.25, 0.3) is 11.3 Å². The van der Waals surface area contributed by atoms with Gasteiger partial charge in [-0.1, -0.05) is 49.7 Å². The van der Waals surface area contributed by atoms with E-state index >= 15 is 0 Å². The van der Waals surface area contributed by atoms with Crippen LogP contribution in [-0.4, -0.2) is 41.1 Å². The van der Waals surface area contributed by atoms with Crippen LogP contribution in [0.15, 0.2) is 47.6 Å². The highest BCUT2D eigenvalue weighted by Gasteiger charge is 2.35.